The summed E-state index contributed by atoms with van der Waals surface area (Å²) in [7, 11) is 3.10. The van der Waals surface area contributed by atoms with Crippen LogP contribution in [0.15, 0.2) is 54.6 Å². The number of anilines is 1. The maximum atomic E-state index is 12.1. The number of carbonyl (C=O) groups excluding carboxylic acids is 1. The molecule has 0 radical (unpaired) electrons. The Morgan fingerprint density at radius 1 is 0.933 bits per heavy atom. The van der Waals surface area contributed by atoms with Crippen molar-refractivity contribution in [2.24, 2.45) is 0 Å². The Morgan fingerprint density at radius 2 is 1.63 bits per heavy atom. The van der Waals surface area contributed by atoms with E-state index >= 15 is 0 Å². The smallest absolute Gasteiger partial charge is 0.319 e. The number of ether oxygens (including phenoxy) is 3. The Labute approximate surface area is 175 Å². The molecule has 1 aromatic heterocycles. The van der Waals surface area contributed by atoms with Crippen LogP contribution in [0.1, 0.15) is 5.56 Å². The Kier molecular flexibility index (Phi) is 7.05. The first-order valence-electron chi connectivity index (χ1n) is 9.39. The SMILES string of the molecule is COc1cc(NC(=O)NCCOc2ccc(-c3ccc(C)cc3)nn2)cc(OC)c1. The van der Waals surface area contributed by atoms with E-state index in [4.69, 9.17) is 14.2 Å². The van der Waals surface area contributed by atoms with E-state index in [2.05, 4.69) is 20.8 Å². The van der Waals surface area contributed by atoms with Gasteiger partial charge in [0.05, 0.1) is 26.5 Å². The third kappa shape index (κ3) is 5.84. The van der Waals surface area contributed by atoms with Crippen molar-refractivity contribution < 1.29 is 19.0 Å². The third-order valence-electron chi connectivity index (χ3n) is 4.23. The first kappa shape index (κ1) is 20.9. The van der Waals surface area contributed by atoms with Crippen molar-refractivity contribution in [2.45, 2.75) is 6.92 Å². The van der Waals surface area contributed by atoms with Gasteiger partial charge in [-0.05, 0) is 13.0 Å². The Bertz CT molecular complexity index is 953. The van der Waals surface area contributed by atoms with E-state index in [0.29, 0.717) is 29.6 Å². The zero-order chi connectivity index (χ0) is 21.3. The molecule has 0 atom stereocenters. The number of aromatic nitrogens is 2. The van der Waals surface area contributed by atoms with E-state index in [1.165, 1.54) is 5.56 Å². The molecule has 30 heavy (non-hydrogen) atoms. The molecule has 1 heterocycles. The number of nitrogens with one attached hydrogen (secondary N) is 2. The summed E-state index contributed by atoms with van der Waals surface area (Å²) in [5, 5.41) is 13.7. The predicted octanol–water partition coefficient (Wildman–Crippen LogP) is 3.67. The highest BCUT2D eigenvalue weighted by Gasteiger charge is 2.06. The van der Waals surface area contributed by atoms with E-state index < -0.39 is 0 Å². The lowest BCUT2D eigenvalue weighted by Crippen LogP contribution is -2.32. The van der Waals surface area contributed by atoms with E-state index in [0.717, 1.165) is 11.3 Å². The fourth-order valence-corrected chi connectivity index (χ4v) is 2.65. The van der Waals surface area contributed by atoms with Gasteiger partial charge in [0, 0.05) is 35.5 Å². The summed E-state index contributed by atoms with van der Waals surface area (Å²) in [6, 6.07) is 16.4. The summed E-state index contributed by atoms with van der Waals surface area (Å²) in [5.74, 6) is 1.56. The molecule has 0 saturated heterocycles. The molecular weight excluding hydrogens is 384 g/mol. The minimum absolute atomic E-state index is 0.257. The van der Waals surface area contributed by atoms with Crippen LogP contribution in [0.2, 0.25) is 0 Å². The summed E-state index contributed by atoms with van der Waals surface area (Å²) in [6.45, 7) is 2.59. The Balaban J connectivity index is 1.44. The van der Waals surface area contributed by atoms with Crippen LogP contribution in [0, 0.1) is 6.92 Å². The number of hydrogen-bond donors (Lipinski definition) is 2. The van der Waals surface area contributed by atoms with Gasteiger partial charge in [-0.1, -0.05) is 29.8 Å². The fraction of sp³-hybridized carbons (Fsp3) is 0.227. The van der Waals surface area contributed by atoms with Gasteiger partial charge in [0.1, 0.15) is 18.1 Å². The van der Waals surface area contributed by atoms with Gasteiger partial charge in [0.2, 0.25) is 5.88 Å². The monoisotopic (exact) mass is 408 g/mol. The first-order valence-corrected chi connectivity index (χ1v) is 9.39. The van der Waals surface area contributed by atoms with Crippen LogP contribution >= 0.6 is 0 Å². The third-order valence-corrected chi connectivity index (χ3v) is 4.23. The largest absolute Gasteiger partial charge is 0.497 e. The standard InChI is InChI=1S/C22H24N4O4/c1-15-4-6-16(7-5-15)20-8-9-21(26-25-20)30-11-10-23-22(27)24-17-12-18(28-2)14-19(13-17)29-3/h4-9,12-14H,10-11H2,1-3H3,(H2,23,24,27). The highest BCUT2D eigenvalue weighted by molar-refractivity contribution is 5.89. The highest BCUT2D eigenvalue weighted by atomic mass is 16.5. The molecule has 0 aliphatic rings. The number of hydrogen-bond acceptors (Lipinski definition) is 6. The molecule has 2 aromatic carbocycles. The minimum Gasteiger partial charge on any atom is -0.497 e. The molecule has 0 unspecified atom stereocenters. The van der Waals surface area contributed by atoms with E-state index in [1.807, 2.05) is 37.3 Å². The molecule has 3 rings (SSSR count). The molecule has 0 aliphatic heterocycles. The molecular formula is C22H24N4O4. The summed E-state index contributed by atoms with van der Waals surface area (Å²) >= 11 is 0. The van der Waals surface area contributed by atoms with Gasteiger partial charge < -0.3 is 24.8 Å². The van der Waals surface area contributed by atoms with Crippen LogP contribution in [0.5, 0.6) is 17.4 Å². The highest BCUT2D eigenvalue weighted by Crippen LogP contribution is 2.25. The van der Waals surface area contributed by atoms with Crippen molar-refractivity contribution >= 4 is 11.7 Å². The second-order valence-electron chi connectivity index (χ2n) is 6.45. The number of urea groups is 1. The zero-order valence-corrected chi connectivity index (χ0v) is 17.1. The lowest BCUT2D eigenvalue weighted by Gasteiger charge is -2.11. The molecule has 0 aliphatic carbocycles. The first-order chi connectivity index (χ1) is 14.6. The van der Waals surface area contributed by atoms with Gasteiger partial charge in [0.25, 0.3) is 0 Å². The molecule has 8 heteroatoms. The Hall–Kier alpha value is -3.81. The van der Waals surface area contributed by atoms with Crippen molar-refractivity contribution in [3.05, 3.63) is 60.2 Å². The van der Waals surface area contributed by atoms with Crippen molar-refractivity contribution in [1.82, 2.24) is 15.5 Å². The van der Waals surface area contributed by atoms with Crippen LogP contribution in [-0.4, -0.2) is 43.6 Å². The van der Waals surface area contributed by atoms with Crippen molar-refractivity contribution in [1.29, 1.82) is 0 Å². The summed E-state index contributed by atoms with van der Waals surface area (Å²) in [4.78, 5) is 12.1. The molecule has 0 spiro atoms. The summed E-state index contributed by atoms with van der Waals surface area (Å²) < 4.78 is 15.9. The summed E-state index contributed by atoms with van der Waals surface area (Å²) in [6.07, 6.45) is 0. The minimum atomic E-state index is -0.366. The van der Waals surface area contributed by atoms with E-state index in [9.17, 15) is 4.79 Å². The molecule has 0 saturated carbocycles. The van der Waals surface area contributed by atoms with Crippen LogP contribution < -0.4 is 24.8 Å². The average Bonchev–Trinajstić information content (AvgIpc) is 2.77. The molecule has 156 valence electrons. The lowest BCUT2D eigenvalue weighted by molar-refractivity contribution is 0.246. The number of rotatable bonds is 8. The number of nitrogens with zero attached hydrogens (tertiary/aromatic N) is 2. The number of carbonyl (C=O) groups is 1. The maximum absolute atomic E-state index is 12.1. The number of amides is 2. The van der Waals surface area contributed by atoms with E-state index in [-0.39, 0.29) is 12.6 Å². The summed E-state index contributed by atoms with van der Waals surface area (Å²) in [5.41, 5.74) is 3.51. The normalized spacial score (nSPS) is 10.2. The molecule has 0 fully saturated rings. The molecule has 3 aromatic rings. The average molecular weight is 408 g/mol. The van der Waals surface area contributed by atoms with Crippen LogP contribution in [0.25, 0.3) is 11.3 Å². The van der Waals surface area contributed by atoms with E-state index in [1.54, 1.807) is 38.5 Å². The Morgan fingerprint density at radius 3 is 2.23 bits per heavy atom. The number of methoxy groups -OCH3 is 2. The molecule has 2 N–H and O–H groups in total. The van der Waals surface area contributed by atoms with Gasteiger partial charge >= 0.3 is 6.03 Å². The zero-order valence-electron chi connectivity index (χ0n) is 17.1. The van der Waals surface area contributed by atoms with Crippen LogP contribution in [0.3, 0.4) is 0 Å². The quantitative estimate of drug-likeness (QED) is 0.552. The van der Waals surface area contributed by atoms with Gasteiger partial charge in [-0.25, -0.2) is 4.79 Å². The molecule has 8 nitrogen and oxygen atoms in total. The number of benzene rings is 2. The van der Waals surface area contributed by atoms with Crippen LogP contribution in [-0.2, 0) is 0 Å². The second-order valence-corrected chi connectivity index (χ2v) is 6.45. The van der Waals surface area contributed by atoms with Gasteiger partial charge in [-0.3, -0.25) is 0 Å². The van der Waals surface area contributed by atoms with Crippen LogP contribution in [0.4, 0.5) is 10.5 Å². The van der Waals surface area contributed by atoms with Gasteiger partial charge in [0.15, 0.2) is 0 Å². The number of aryl methyl sites for hydroxylation is 1. The maximum Gasteiger partial charge on any atom is 0.319 e. The van der Waals surface area contributed by atoms with Crippen molar-refractivity contribution in [2.75, 3.05) is 32.7 Å². The fourth-order valence-electron chi connectivity index (χ4n) is 2.65. The van der Waals surface area contributed by atoms with Gasteiger partial charge in [-0.15, -0.1) is 10.2 Å². The second kappa shape index (κ2) is 10.1. The topological polar surface area (TPSA) is 94.6 Å². The van der Waals surface area contributed by atoms with Crippen molar-refractivity contribution in [3.63, 3.8) is 0 Å². The van der Waals surface area contributed by atoms with Gasteiger partial charge in [-0.2, -0.15) is 0 Å². The lowest BCUT2D eigenvalue weighted by atomic mass is 10.1. The van der Waals surface area contributed by atoms with Crippen molar-refractivity contribution in [3.8, 4) is 28.6 Å². The molecule has 0 bridgehead atoms. The predicted molar refractivity (Wildman–Crippen MR) is 114 cm³/mol. The molecule has 2 amide bonds.